The molecule has 0 fully saturated rings. The molecule has 1 aliphatic rings. The van der Waals surface area contributed by atoms with E-state index in [1.807, 2.05) is 31.2 Å². The van der Waals surface area contributed by atoms with Crippen molar-refractivity contribution in [3.05, 3.63) is 68.6 Å². The average Bonchev–Trinajstić information content (AvgIpc) is 2.73. The van der Waals surface area contributed by atoms with Crippen molar-refractivity contribution in [3.63, 3.8) is 0 Å². The first-order valence-electron chi connectivity index (χ1n) is 8.11. The number of H-pyrrole nitrogens is 1. The Hall–Kier alpha value is -2.40. The SMILES string of the molecule is COC1CN(C(=O)c2c(C)cc(C)[nH]c2=O)CCc2ccccc21. The number of ether oxygens (including phenoxy) is 1. The number of aryl methyl sites for hydroxylation is 2. The molecule has 0 spiro atoms. The largest absolute Gasteiger partial charge is 0.375 e. The van der Waals surface area contributed by atoms with Crippen molar-refractivity contribution >= 4 is 5.91 Å². The van der Waals surface area contributed by atoms with E-state index < -0.39 is 0 Å². The molecule has 1 aliphatic heterocycles. The maximum Gasteiger partial charge on any atom is 0.261 e. The predicted molar refractivity (Wildman–Crippen MR) is 92.3 cm³/mol. The quantitative estimate of drug-likeness (QED) is 0.921. The maximum absolute atomic E-state index is 13.0. The van der Waals surface area contributed by atoms with Crippen LogP contribution in [0.4, 0.5) is 0 Å². The first-order chi connectivity index (χ1) is 11.5. The molecule has 0 saturated heterocycles. The molecule has 0 bridgehead atoms. The van der Waals surface area contributed by atoms with Crippen LogP contribution in [-0.2, 0) is 11.2 Å². The minimum absolute atomic E-state index is 0.183. The Morgan fingerprint density at radius 2 is 2.04 bits per heavy atom. The van der Waals surface area contributed by atoms with Crippen molar-refractivity contribution in [3.8, 4) is 0 Å². The lowest BCUT2D eigenvalue weighted by Gasteiger charge is -2.24. The van der Waals surface area contributed by atoms with E-state index in [1.165, 1.54) is 5.56 Å². The van der Waals surface area contributed by atoms with Crippen LogP contribution in [0.15, 0.2) is 35.1 Å². The lowest BCUT2D eigenvalue weighted by molar-refractivity contribution is 0.0506. The van der Waals surface area contributed by atoms with Crippen LogP contribution in [0.1, 0.15) is 38.8 Å². The highest BCUT2D eigenvalue weighted by Crippen LogP contribution is 2.26. The van der Waals surface area contributed by atoms with Gasteiger partial charge in [0, 0.05) is 19.3 Å². The van der Waals surface area contributed by atoms with Crippen LogP contribution < -0.4 is 5.56 Å². The summed E-state index contributed by atoms with van der Waals surface area (Å²) in [6, 6.07) is 9.92. The molecule has 1 unspecified atom stereocenters. The van der Waals surface area contributed by atoms with Crippen molar-refractivity contribution in [2.24, 2.45) is 0 Å². The third-order valence-corrected chi connectivity index (χ3v) is 4.59. The van der Waals surface area contributed by atoms with Crippen LogP contribution in [0.2, 0.25) is 0 Å². The van der Waals surface area contributed by atoms with Crippen molar-refractivity contribution in [2.75, 3.05) is 20.2 Å². The van der Waals surface area contributed by atoms with E-state index in [2.05, 4.69) is 11.1 Å². The normalized spacial score (nSPS) is 17.3. The van der Waals surface area contributed by atoms with E-state index in [-0.39, 0.29) is 23.1 Å². The van der Waals surface area contributed by atoms with Crippen molar-refractivity contribution in [2.45, 2.75) is 26.4 Å². The molecule has 0 aliphatic carbocycles. The van der Waals surface area contributed by atoms with E-state index in [0.29, 0.717) is 18.7 Å². The summed E-state index contributed by atoms with van der Waals surface area (Å²) in [5.74, 6) is -0.233. The van der Waals surface area contributed by atoms with Gasteiger partial charge >= 0.3 is 0 Å². The van der Waals surface area contributed by atoms with E-state index in [9.17, 15) is 9.59 Å². The van der Waals surface area contributed by atoms with Gasteiger partial charge in [-0.2, -0.15) is 0 Å². The fourth-order valence-electron chi connectivity index (χ4n) is 3.38. The molecule has 1 atom stereocenters. The van der Waals surface area contributed by atoms with Crippen LogP contribution in [0.25, 0.3) is 0 Å². The van der Waals surface area contributed by atoms with Gasteiger partial charge in [-0.1, -0.05) is 24.3 Å². The first kappa shape index (κ1) is 16.5. The maximum atomic E-state index is 13.0. The number of aromatic nitrogens is 1. The Kier molecular flexibility index (Phi) is 4.53. The van der Waals surface area contributed by atoms with Crippen LogP contribution in [0.3, 0.4) is 0 Å². The van der Waals surface area contributed by atoms with Crippen molar-refractivity contribution in [1.29, 1.82) is 0 Å². The van der Waals surface area contributed by atoms with Crippen molar-refractivity contribution in [1.82, 2.24) is 9.88 Å². The Labute approximate surface area is 141 Å². The number of benzene rings is 1. The molecule has 5 nitrogen and oxygen atoms in total. The molecule has 3 rings (SSSR count). The van der Waals surface area contributed by atoms with E-state index >= 15 is 0 Å². The summed E-state index contributed by atoms with van der Waals surface area (Å²) >= 11 is 0. The zero-order valence-corrected chi connectivity index (χ0v) is 14.3. The molecule has 2 heterocycles. The summed E-state index contributed by atoms with van der Waals surface area (Å²) in [5, 5.41) is 0. The highest BCUT2D eigenvalue weighted by molar-refractivity contribution is 5.95. The van der Waals surface area contributed by atoms with Crippen LogP contribution in [-0.4, -0.2) is 36.0 Å². The number of aromatic amines is 1. The first-order valence-corrected chi connectivity index (χ1v) is 8.11. The van der Waals surface area contributed by atoms with Crippen LogP contribution in [0, 0.1) is 13.8 Å². The van der Waals surface area contributed by atoms with Gasteiger partial charge in [0.25, 0.3) is 11.5 Å². The molecule has 1 N–H and O–H groups in total. The molecule has 1 amide bonds. The summed E-state index contributed by atoms with van der Waals surface area (Å²) < 4.78 is 5.61. The molecule has 0 saturated carbocycles. The summed E-state index contributed by atoms with van der Waals surface area (Å²) in [6.07, 6.45) is 0.572. The fraction of sp³-hybridized carbons (Fsp3) is 0.368. The number of nitrogens with zero attached hydrogens (tertiary/aromatic N) is 1. The zero-order chi connectivity index (χ0) is 17.3. The summed E-state index contributed by atoms with van der Waals surface area (Å²) in [7, 11) is 1.65. The number of hydrogen-bond acceptors (Lipinski definition) is 3. The van der Waals surface area contributed by atoms with E-state index in [1.54, 1.807) is 18.9 Å². The number of hydrogen-bond donors (Lipinski definition) is 1. The highest BCUT2D eigenvalue weighted by Gasteiger charge is 2.28. The summed E-state index contributed by atoms with van der Waals surface area (Å²) in [5.41, 5.74) is 3.66. The minimum Gasteiger partial charge on any atom is -0.375 e. The van der Waals surface area contributed by atoms with Gasteiger partial charge in [0.15, 0.2) is 0 Å². The molecular weight excluding hydrogens is 304 g/mol. The summed E-state index contributed by atoms with van der Waals surface area (Å²) in [4.78, 5) is 29.7. The van der Waals surface area contributed by atoms with E-state index in [4.69, 9.17) is 4.74 Å². The summed E-state index contributed by atoms with van der Waals surface area (Å²) in [6.45, 7) is 4.63. The standard InChI is InChI=1S/C19H22N2O3/c1-12-10-13(2)20-18(22)17(12)19(23)21-9-8-14-6-4-5-7-15(14)16(11-21)24-3/h4-7,10,16H,8-9,11H2,1-3H3,(H,20,22). The lowest BCUT2D eigenvalue weighted by atomic mass is 10.0. The van der Waals surface area contributed by atoms with Gasteiger partial charge in [0.1, 0.15) is 5.56 Å². The van der Waals surface area contributed by atoms with Crippen LogP contribution >= 0.6 is 0 Å². The molecular formula is C19H22N2O3. The zero-order valence-electron chi connectivity index (χ0n) is 14.3. The fourth-order valence-corrected chi connectivity index (χ4v) is 3.38. The number of methoxy groups -OCH3 is 1. The van der Waals surface area contributed by atoms with Crippen molar-refractivity contribution < 1.29 is 9.53 Å². The minimum atomic E-state index is -0.326. The van der Waals surface area contributed by atoms with Gasteiger partial charge in [-0.25, -0.2) is 0 Å². The van der Waals surface area contributed by atoms with Gasteiger partial charge in [-0.05, 0) is 43.0 Å². The second kappa shape index (κ2) is 6.61. The Morgan fingerprint density at radius 1 is 1.29 bits per heavy atom. The van der Waals surface area contributed by atoms with Gasteiger partial charge in [-0.15, -0.1) is 0 Å². The van der Waals surface area contributed by atoms with Gasteiger partial charge in [-0.3, -0.25) is 9.59 Å². The molecule has 24 heavy (non-hydrogen) atoms. The number of nitrogens with one attached hydrogen (secondary N) is 1. The number of carbonyl (C=O) groups is 1. The van der Waals surface area contributed by atoms with Crippen LogP contribution in [0.5, 0.6) is 0 Å². The molecule has 1 aromatic carbocycles. The number of pyridine rings is 1. The number of fused-ring (bicyclic) bond motifs is 1. The smallest absolute Gasteiger partial charge is 0.261 e. The second-order valence-electron chi connectivity index (χ2n) is 6.26. The molecule has 1 aromatic heterocycles. The monoisotopic (exact) mass is 326 g/mol. The molecule has 5 heteroatoms. The second-order valence-corrected chi connectivity index (χ2v) is 6.26. The third-order valence-electron chi connectivity index (χ3n) is 4.59. The topological polar surface area (TPSA) is 62.4 Å². The number of rotatable bonds is 2. The Bertz CT molecular complexity index is 826. The molecule has 0 radical (unpaired) electrons. The lowest BCUT2D eigenvalue weighted by Crippen LogP contribution is -2.38. The predicted octanol–water partition coefficient (Wildman–Crippen LogP) is 2.38. The molecule has 126 valence electrons. The number of carbonyl (C=O) groups excluding carboxylic acids is 1. The van der Waals surface area contributed by atoms with Gasteiger partial charge in [0.2, 0.25) is 0 Å². The molecule has 2 aromatic rings. The Morgan fingerprint density at radius 3 is 2.75 bits per heavy atom. The number of amides is 1. The van der Waals surface area contributed by atoms with E-state index in [0.717, 1.165) is 17.7 Å². The average molecular weight is 326 g/mol. The third kappa shape index (κ3) is 2.99. The highest BCUT2D eigenvalue weighted by atomic mass is 16.5. The Balaban J connectivity index is 1.94. The van der Waals surface area contributed by atoms with Gasteiger partial charge < -0.3 is 14.6 Å². The van der Waals surface area contributed by atoms with Gasteiger partial charge in [0.05, 0.1) is 12.6 Å².